The van der Waals surface area contributed by atoms with Gasteiger partial charge >= 0.3 is 11.9 Å². The molecular formula is C84H84BF20NO8S. The third-order valence-corrected chi connectivity index (χ3v) is 22.9. The summed E-state index contributed by atoms with van der Waals surface area (Å²) >= 11 is 0. The summed E-state index contributed by atoms with van der Waals surface area (Å²) in [5, 5.41) is 15.2. The predicted molar refractivity (Wildman–Crippen MR) is 396 cm³/mol. The first-order valence-corrected chi connectivity index (χ1v) is 39.0. The number of benzene rings is 8. The maximum atomic E-state index is 15.4. The van der Waals surface area contributed by atoms with E-state index in [1.165, 1.54) is 59.4 Å². The number of nitrogens with one attached hydrogen (secondary N) is 1. The van der Waals surface area contributed by atoms with E-state index in [9.17, 15) is 72.2 Å². The Morgan fingerprint density at radius 2 is 0.957 bits per heavy atom. The zero-order valence-corrected chi connectivity index (χ0v) is 64.6. The van der Waals surface area contributed by atoms with E-state index in [0.29, 0.717) is 30.5 Å². The second-order valence-electron chi connectivity index (χ2n) is 29.6. The van der Waals surface area contributed by atoms with E-state index in [-0.39, 0.29) is 51.7 Å². The van der Waals surface area contributed by atoms with Crippen molar-refractivity contribution < 1.29 is 126 Å². The Morgan fingerprint density at radius 3 is 1.42 bits per heavy atom. The van der Waals surface area contributed by atoms with Crippen LogP contribution in [0.15, 0.2) is 102 Å². The molecule has 622 valence electrons. The minimum atomic E-state index is -7.22. The van der Waals surface area contributed by atoms with Crippen molar-refractivity contribution in [2.75, 3.05) is 19.5 Å². The van der Waals surface area contributed by atoms with E-state index >= 15 is 35.1 Å². The van der Waals surface area contributed by atoms with Crippen LogP contribution >= 0.6 is 0 Å². The number of epoxide rings is 1. The highest BCUT2D eigenvalue weighted by Gasteiger charge is 2.53. The fourth-order valence-corrected chi connectivity index (χ4v) is 14.9. The number of hydrogen-bond donors (Lipinski definition) is 2. The smallest absolute Gasteiger partial charge is 0.331 e. The lowest BCUT2D eigenvalue weighted by Gasteiger charge is -2.44. The van der Waals surface area contributed by atoms with E-state index in [4.69, 9.17) is 18.9 Å². The maximum Gasteiger partial charge on any atom is 0.331 e. The lowest BCUT2D eigenvalue weighted by Crippen LogP contribution is -2.81. The van der Waals surface area contributed by atoms with Crippen LogP contribution in [0, 0.1) is 133 Å². The van der Waals surface area contributed by atoms with Crippen LogP contribution in [0.5, 0.6) is 11.5 Å². The number of esters is 2. The Hall–Kier alpha value is -9.26. The van der Waals surface area contributed by atoms with E-state index in [2.05, 4.69) is 61.0 Å². The molecule has 11 rings (SSSR count). The number of hydrogen-bond acceptors (Lipinski definition) is 8. The molecule has 4 unspecified atom stereocenters. The minimum Gasteiger partial charge on any atom is -0.508 e. The molecule has 2 saturated carbocycles. The molecule has 0 bridgehead atoms. The first-order chi connectivity index (χ1) is 54.3. The van der Waals surface area contributed by atoms with Gasteiger partial charge in [-0.05, 0) is 143 Å². The molecule has 31 heteroatoms. The van der Waals surface area contributed by atoms with Gasteiger partial charge in [0.15, 0.2) is 74.7 Å². The summed E-state index contributed by atoms with van der Waals surface area (Å²) in [4.78, 5) is 37.7. The van der Waals surface area contributed by atoms with Gasteiger partial charge in [0.2, 0.25) is 5.91 Å². The molecule has 2 aliphatic carbocycles. The molecule has 0 radical (unpaired) electrons. The molecule has 8 aromatic carbocycles. The van der Waals surface area contributed by atoms with E-state index in [0.717, 1.165) is 87.9 Å². The first kappa shape index (κ1) is 91.3. The number of phenols is 1. The molecule has 3 aliphatic rings. The lowest BCUT2D eigenvalue weighted by atomic mass is 9.12. The summed E-state index contributed by atoms with van der Waals surface area (Å²) < 4.78 is 316. The van der Waals surface area contributed by atoms with Crippen molar-refractivity contribution in [3.8, 4) is 11.5 Å². The Labute approximate surface area is 654 Å². The van der Waals surface area contributed by atoms with Crippen molar-refractivity contribution in [3.63, 3.8) is 0 Å². The molecule has 1 aliphatic heterocycles. The Bertz CT molecular complexity index is 4430. The Morgan fingerprint density at radius 1 is 0.513 bits per heavy atom. The molecule has 115 heavy (non-hydrogen) atoms. The molecule has 3 fully saturated rings. The zero-order chi connectivity index (χ0) is 84.9. The highest BCUT2D eigenvalue weighted by molar-refractivity contribution is 7.95. The number of unbranched alkanes of at least 4 members (excludes halogenated alkanes) is 5. The van der Waals surface area contributed by atoms with Gasteiger partial charge in [0.25, 0.3) is 0 Å². The van der Waals surface area contributed by atoms with Crippen LogP contribution in [0.1, 0.15) is 156 Å². The number of fused-ring (bicyclic) bond motifs is 2. The van der Waals surface area contributed by atoms with Gasteiger partial charge in [-0.3, -0.25) is 9.59 Å². The van der Waals surface area contributed by atoms with E-state index < -0.39 is 144 Å². The van der Waals surface area contributed by atoms with Gasteiger partial charge in [0.05, 0.1) is 30.8 Å². The Kier molecular flexibility index (Phi) is 31.4. The number of halogens is 20. The summed E-state index contributed by atoms with van der Waals surface area (Å²) in [5.74, 6) is -68.9. The maximum absolute atomic E-state index is 15.4. The molecule has 0 aromatic heterocycles. The molecule has 1 heterocycles. The third kappa shape index (κ3) is 20.9. The van der Waals surface area contributed by atoms with Gasteiger partial charge < -0.3 is 29.4 Å². The van der Waals surface area contributed by atoms with Crippen molar-refractivity contribution in [2.24, 2.45) is 16.7 Å². The van der Waals surface area contributed by atoms with Gasteiger partial charge in [0, 0.05) is 34.0 Å². The highest BCUT2D eigenvalue weighted by Crippen LogP contribution is 2.40. The standard InChI is InChI=1S/C29H45NO4.C24BF20.C18H16OS.C13H22O3/c1-5-7-8-9-10-11-22-33-25-17-12-23(13-18-25)14-21-27(31)34-26-19-15-24(16-20-26)30-28(32)29(3,4)6-2;26-5-1(6(27)14(35)21(42)13(5)34)25(2-7(28)15(36)22(43)16(37)8(2)29,3-9(30)17(38)23(44)18(39)10(3)31)4-11(32)19(40)24(45)20(41)12(4)33;1-20(17-11-9-16(19)10-12-17)13-15-7-4-6-14-5-2-3-8-18(14)15;1-4-13(2,3)12(14)15-8-9-5-6-10-11(7-9)16-10/h12-14,17-18,21,24,26H,5-11,15-16,19-20,22H2,1-4H3,(H,30,32);;2-12H,13H2,1H3;9-11H,4-8H2,1-3H3/q;-1;;/p+1/b21-14+;;;. The first-order valence-electron chi connectivity index (χ1n) is 37.2. The molecule has 9 nitrogen and oxygen atoms in total. The minimum absolute atomic E-state index is 0.0613. The van der Waals surface area contributed by atoms with Gasteiger partial charge in [0.1, 0.15) is 82.3 Å². The summed E-state index contributed by atoms with van der Waals surface area (Å²) in [6.07, 6.45) is 15.0. The predicted octanol–water partition coefficient (Wildman–Crippen LogP) is 19.6. The summed E-state index contributed by atoms with van der Waals surface area (Å²) in [5.41, 5.74) is -12.7. The van der Waals surface area contributed by atoms with E-state index in [1.807, 2.05) is 77.9 Å². The van der Waals surface area contributed by atoms with Crippen LogP contribution in [-0.4, -0.2) is 72.9 Å². The van der Waals surface area contributed by atoms with Gasteiger partial charge in [-0.2, -0.15) is 0 Å². The number of amides is 1. The summed E-state index contributed by atoms with van der Waals surface area (Å²) in [6.45, 7) is 15.4. The molecule has 2 N–H and O–H groups in total. The van der Waals surface area contributed by atoms with Crippen molar-refractivity contribution >= 4 is 73.6 Å². The van der Waals surface area contributed by atoms with Crippen molar-refractivity contribution in [2.45, 2.75) is 180 Å². The van der Waals surface area contributed by atoms with E-state index in [1.54, 1.807) is 18.2 Å². The number of phenolic OH excluding ortho intramolecular Hbond substituents is 1. The number of aromatic hydroxyl groups is 1. The van der Waals surface area contributed by atoms with Crippen LogP contribution in [0.4, 0.5) is 87.8 Å². The lowest BCUT2D eigenvalue weighted by molar-refractivity contribution is -0.155. The molecule has 1 saturated heterocycles. The SMILES string of the molecule is CCC(C)(C)C(=O)OCC1CCC2OC2C1.CCCCCCCCOc1ccc(/C=C/C(=O)OC2CCC(NC(=O)C(C)(C)CC)CC2)cc1.C[S+](Cc1cccc2ccccc12)c1ccc(O)cc1.Fc1c(F)c(F)c([B-](c2c(F)c(F)c(F)c(F)c2F)(c2c(F)c(F)c(F)c(F)c2F)c2c(F)c(F)c(F)c(F)c2F)c(F)c1F. The molecule has 0 spiro atoms. The average molecular weight is 1660 g/mol. The summed E-state index contributed by atoms with van der Waals surface area (Å²) in [6, 6.07) is 30.6. The molecule has 4 atom stereocenters. The molecule has 8 aromatic rings. The second-order valence-corrected chi connectivity index (χ2v) is 31.6. The largest absolute Gasteiger partial charge is 0.508 e. The Balaban J connectivity index is 0.000000206. The zero-order valence-electron chi connectivity index (χ0n) is 63.8. The second kappa shape index (κ2) is 39.6. The number of ether oxygens (including phenoxy) is 4. The highest BCUT2D eigenvalue weighted by atomic mass is 32.2. The van der Waals surface area contributed by atoms with Crippen LogP contribution in [-0.2, 0) is 45.2 Å². The summed E-state index contributed by atoms with van der Waals surface area (Å²) in [7, 11) is 0.140. The normalized spacial score (nSPS) is 17.0. The third-order valence-electron chi connectivity index (χ3n) is 21.0. The van der Waals surface area contributed by atoms with Crippen LogP contribution in [0.25, 0.3) is 16.8 Å². The number of rotatable bonds is 25. The van der Waals surface area contributed by atoms with Gasteiger partial charge in [-0.15, -0.1) is 21.9 Å². The quantitative estimate of drug-likeness (QED) is 0.00667. The average Bonchev–Trinajstić information content (AvgIpc) is 1.30. The van der Waals surface area contributed by atoms with Crippen LogP contribution in [0.2, 0.25) is 0 Å². The van der Waals surface area contributed by atoms with Crippen molar-refractivity contribution in [1.29, 1.82) is 0 Å². The van der Waals surface area contributed by atoms with Gasteiger partial charge in [-0.25, -0.2) is 92.6 Å². The fraction of sp³-hybridized carbons (Fsp3) is 0.393. The molecular weight excluding hydrogens is 1570 g/mol. The number of carbonyl (C=O) groups is 3. The van der Waals surface area contributed by atoms with Crippen molar-refractivity contribution in [1.82, 2.24) is 5.32 Å². The molecule has 1 amide bonds. The topological polar surface area (TPSA) is 124 Å². The van der Waals surface area contributed by atoms with Crippen molar-refractivity contribution in [3.05, 3.63) is 225 Å². The monoisotopic (exact) mass is 1660 g/mol. The number of carbonyl (C=O) groups excluding carboxylic acids is 3. The van der Waals surface area contributed by atoms with Gasteiger partial charge in [-0.1, -0.05) is 121 Å². The van der Waals surface area contributed by atoms with Crippen LogP contribution < -0.4 is 31.9 Å². The fourth-order valence-electron chi connectivity index (χ4n) is 13.4. The van der Waals surface area contributed by atoms with Crippen LogP contribution in [0.3, 0.4) is 0 Å².